The topological polar surface area (TPSA) is 78.9 Å². The molecule has 0 aliphatic heterocycles. The molecule has 0 fully saturated rings. The number of hydrogen-bond acceptors (Lipinski definition) is 6. The Morgan fingerprint density at radius 3 is 0.840 bits per heavy atom. The highest BCUT2D eigenvalue weighted by molar-refractivity contribution is 5.71. The Kier molecular flexibility index (Phi) is 60.7. The predicted molar refractivity (Wildman–Crippen MR) is 325 cm³/mol. The van der Waals surface area contributed by atoms with E-state index in [9.17, 15) is 14.4 Å². The lowest BCUT2D eigenvalue weighted by Gasteiger charge is -2.18. The maximum Gasteiger partial charge on any atom is 0.306 e. The largest absolute Gasteiger partial charge is 0.462 e. The average Bonchev–Trinajstić information content (AvgIpc) is 3.41. The fourth-order valence-electron chi connectivity index (χ4n) is 9.35. The standard InChI is InChI=1S/C69H122O6/c1-4-7-10-13-16-19-22-25-28-31-33-34-36-39-41-44-47-50-53-56-59-62-68(71)74-65-66(75-69(72)63-60-57-54-51-48-45-42-37-30-27-24-21-18-15-12-9-6-3)64-73-67(70)61-58-55-52-49-46-43-40-38-35-32-29-26-23-20-17-14-11-8-5-2/h8,11,17,20,26-27,29-30,35,38,43,46,66H,4-7,9-10,12-16,18-19,21-25,28,31-34,36-37,39-42,44-45,47-65H2,1-3H3/b11-8-,20-17-,29-26-,30-27-,38-35-,46-43-/t66-/m1/s1. The fraction of sp³-hybridized carbons (Fsp3) is 0.783. The summed E-state index contributed by atoms with van der Waals surface area (Å²) >= 11 is 0. The van der Waals surface area contributed by atoms with Crippen LogP contribution in [-0.4, -0.2) is 37.2 Å². The van der Waals surface area contributed by atoms with Crippen LogP contribution in [-0.2, 0) is 28.6 Å². The number of rotatable bonds is 59. The summed E-state index contributed by atoms with van der Waals surface area (Å²) in [5, 5.41) is 0. The second-order valence-corrected chi connectivity index (χ2v) is 21.6. The zero-order valence-electron chi connectivity index (χ0n) is 49.8. The molecule has 0 amide bonds. The third kappa shape index (κ3) is 61.6. The molecule has 0 radical (unpaired) electrons. The molecule has 6 heteroatoms. The lowest BCUT2D eigenvalue weighted by atomic mass is 10.0. The first-order valence-electron chi connectivity index (χ1n) is 32.4. The molecule has 0 saturated carbocycles. The maximum atomic E-state index is 12.9. The Balaban J connectivity index is 4.39. The van der Waals surface area contributed by atoms with Gasteiger partial charge in [-0.2, -0.15) is 0 Å². The predicted octanol–water partition coefficient (Wildman–Crippen LogP) is 22.1. The van der Waals surface area contributed by atoms with Crippen LogP contribution in [0.1, 0.15) is 329 Å². The molecule has 0 heterocycles. The first kappa shape index (κ1) is 71.8. The van der Waals surface area contributed by atoms with Gasteiger partial charge < -0.3 is 14.2 Å². The summed E-state index contributed by atoms with van der Waals surface area (Å²) in [6.45, 7) is 6.54. The summed E-state index contributed by atoms with van der Waals surface area (Å²) in [6.07, 6.45) is 81.9. The van der Waals surface area contributed by atoms with Crippen LogP contribution in [0.4, 0.5) is 0 Å². The van der Waals surface area contributed by atoms with E-state index in [1.807, 2.05) is 0 Å². The van der Waals surface area contributed by atoms with E-state index in [1.54, 1.807) is 0 Å². The molecule has 0 aromatic rings. The van der Waals surface area contributed by atoms with Crippen molar-refractivity contribution in [3.05, 3.63) is 72.9 Å². The smallest absolute Gasteiger partial charge is 0.306 e. The van der Waals surface area contributed by atoms with Gasteiger partial charge in [-0.15, -0.1) is 0 Å². The quantitative estimate of drug-likeness (QED) is 0.0261. The van der Waals surface area contributed by atoms with Crippen molar-refractivity contribution in [3.8, 4) is 0 Å². The Bertz CT molecular complexity index is 1390. The van der Waals surface area contributed by atoms with Gasteiger partial charge >= 0.3 is 17.9 Å². The fourth-order valence-corrected chi connectivity index (χ4v) is 9.35. The summed E-state index contributed by atoms with van der Waals surface area (Å²) in [4.78, 5) is 38.3. The highest BCUT2D eigenvalue weighted by Crippen LogP contribution is 2.17. The number of hydrogen-bond donors (Lipinski definition) is 0. The van der Waals surface area contributed by atoms with Crippen LogP contribution < -0.4 is 0 Å². The summed E-state index contributed by atoms with van der Waals surface area (Å²) in [6, 6.07) is 0. The van der Waals surface area contributed by atoms with E-state index in [2.05, 4.69) is 93.7 Å². The van der Waals surface area contributed by atoms with Crippen LogP contribution >= 0.6 is 0 Å². The third-order valence-electron chi connectivity index (χ3n) is 14.2. The number of esters is 3. The molecule has 0 aromatic carbocycles. The van der Waals surface area contributed by atoms with Gasteiger partial charge in [-0.25, -0.2) is 0 Å². The maximum absolute atomic E-state index is 12.9. The minimum Gasteiger partial charge on any atom is -0.462 e. The molecule has 0 unspecified atom stereocenters. The van der Waals surface area contributed by atoms with Gasteiger partial charge in [-0.05, 0) is 89.9 Å². The molecule has 434 valence electrons. The summed E-state index contributed by atoms with van der Waals surface area (Å²) in [5.41, 5.74) is 0. The molecule has 0 bridgehead atoms. The van der Waals surface area contributed by atoms with Gasteiger partial charge in [-0.3, -0.25) is 14.4 Å². The first-order chi connectivity index (χ1) is 37.0. The Morgan fingerprint density at radius 1 is 0.280 bits per heavy atom. The molecule has 0 rings (SSSR count). The van der Waals surface area contributed by atoms with Crippen molar-refractivity contribution in [1.82, 2.24) is 0 Å². The zero-order chi connectivity index (χ0) is 54.3. The van der Waals surface area contributed by atoms with Gasteiger partial charge in [0.1, 0.15) is 13.2 Å². The monoisotopic (exact) mass is 1050 g/mol. The minimum atomic E-state index is -0.791. The SMILES string of the molecule is CC/C=C\C/C=C\C/C=C\C/C=C\C/C=C\CCCCCC(=O)OC[C@H](COC(=O)CCCCCCCCCCCCCCCCCCCCCCC)OC(=O)CCCCCCCCC/C=C\CCCCCCCC. The number of carbonyl (C=O) groups excluding carboxylic acids is 3. The van der Waals surface area contributed by atoms with Crippen molar-refractivity contribution < 1.29 is 28.6 Å². The lowest BCUT2D eigenvalue weighted by molar-refractivity contribution is -0.167. The van der Waals surface area contributed by atoms with Crippen molar-refractivity contribution in [3.63, 3.8) is 0 Å². The van der Waals surface area contributed by atoms with Crippen molar-refractivity contribution in [1.29, 1.82) is 0 Å². The van der Waals surface area contributed by atoms with Crippen LogP contribution in [0.15, 0.2) is 72.9 Å². The van der Waals surface area contributed by atoms with E-state index >= 15 is 0 Å². The number of unbranched alkanes of at least 4 members (excludes halogenated alkanes) is 36. The number of carbonyl (C=O) groups is 3. The van der Waals surface area contributed by atoms with Crippen LogP contribution in [0.25, 0.3) is 0 Å². The van der Waals surface area contributed by atoms with E-state index in [1.165, 1.54) is 193 Å². The highest BCUT2D eigenvalue weighted by Gasteiger charge is 2.19. The molecular formula is C69H122O6. The van der Waals surface area contributed by atoms with E-state index in [4.69, 9.17) is 14.2 Å². The molecule has 6 nitrogen and oxygen atoms in total. The Labute approximate surface area is 465 Å². The highest BCUT2D eigenvalue weighted by atomic mass is 16.6. The first-order valence-corrected chi connectivity index (χ1v) is 32.4. The Morgan fingerprint density at radius 2 is 0.520 bits per heavy atom. The van der Waals surface area contributed by atoms with E-state index < -0.39 is 6.10 Å². The molecule has 75 heavy (non-hydrogen) atoms. The number of ether oxygens (including phenoxy) is 3. The summed E-state index contributed by atoms with van der Waals surface area (Å²) < 4.78 is 16.9. The van der Waals surface area contributed by atoms with E-state index in [0.717, 1.165) is 96.3 Å². The van der Waals surface area contributed by atoms with Crippen LogP contribution in [0.3, 0.4) is 0 Å². The second kappa shape index (κ2) is 63.4. The van der Waals surface area contributed by atoms with Crippen molar-refractivity contribution in [2.75, 3.05) is 13.2 Å². The minimum absolute atomic E-state index is 0.0847. The number of allylic oxidation sites excluding steroid dienone is 12. The van der Waals surface area contributed by atoms with Crippen molar-refractivity contribution in [2.24, 2.45) is 0 Å². The molecule has 0 aliphatic carbocycles. The lowest BCUT2D eigenvalue weighted by Crippen LogP contribution is -2.30. The normalized spacial score (nSPS) is 12.5. The summed E-state index contributed by atoms with van der Waals surface area (Å²) in [7, 11) is 0. The van der Waals surface area contributed by atoms with E-state index in [0.29, 0.717) is 19.3 Å². The third-order valence-corrected chi connectivity index (χ3v) is 14.2. The van der Waals surface area contributed by atoms with E-state index in [-0.39, 0.29) is 31.1 Å². The Hall–Kier alpha value is -3.15. The van der Waals surface area contributed by atoms with Crippen LogP contribution in [0.2, 0.25) is 0 Å². The molecule has 0 N–H and O–H groups in total. The molecule has 1 atom stereocenters. The van der Waals surface area contributed by atoms with Gasteiger partial charge in [0, 0.05) is 19.3 Å². The summed E-state index contributed by atoms with van der Waals surface area (Å²) in [5.74, 6) is -0.905. The van der Waals surface area contributed by atoms with Gasteiger partial charge in [0.25, 0.3) is 0 Å². The molecular weight excluding hydrogens is 925 g/mol. The molecule has 0 saturated heterocycles. The second-order valence-electron chi connectivity index (χ2n) is 21.6. The van der Waals surface area contributed by atoms with Crippen LogP contribution in [0.5, 0.6) is 0 Å². The average molecular weight is 1050 g/mol. The van der Waals surface area contributed by atoms with Crippen molar-refractivity contribution in [2.45, 2.75) is 335 Å². The molecule has 0 aromatic heterocycles. The van der Waals surface area contributed by atoms with Crippen LogP contribution in [0, 0.1) is 0 Å². The van der Waals surface area contributed by atoms with Gasteiger partial charge in [-0.1, -0.05) is 293 Å². The van der Waals surface area contributed by atoms with Gasteiger partial charge in [0.05, 0.1) is 0 Å². The van der Waals surface area contributed by atoms with Gasteiger partial charge in [0.15, 0.2) is 6.10 Å². The van der Waals surface area contributed by atoms with Crippen molar-refractivity contribution >= 4 is 17.9 Å². The molecule has 0 spiro atoms. The van der Waals surface area contributed by atoms with Gasteiger partial charge in [0.2, 0.25) is 0 Å². The zero-order valence-corrected chi connectivity index (χ0v) is 49.8. The molecule has 0 aliphatic rings.